The molecule has 2 unspecified atom stereocenters. The molecule has 2 N–H and O–H groups in total. The van der Waals surface area contributed by atoms with E-state index in [0.717, 1.165) is 12.8 Å². The Balaban J connectivity index is 2.50. The van der Waals surface area contributed by atoms with Gasteiger partial charge in [0.2, 0.25) is 5.89 Å². The van der Waals surface area contributed by atoms with E-state index in [1.165, 1.54) is 0 Å². The highest BCUT2D eigenvalue weighted by molar-refractivity contribution is 4.93. The Kier molecular flexibility index (Phi) is 5.42. The molecule has 16 heavy (non-hydrogen) atoms. The molecule has 1 aromatic heterocycles. The lowest BCUT2D eigenvalue weighted by Gasteiger charge is -2.05. The minimum absolute atomic E-state index is 0.297. The Bertz CT molecular complexity index is 301. The van der Waals surface area contributed by atoms with Crippen LogP contribution in [-0.2, 0) is 11.2 Å². The van der Waals surface area contributed by atoms with Gasteiger partial charge in [0.15, 0.2) is 5.82 Å². The highest BCUT2D eigenvalue weighted by Gasteiger charge is 2.15. The fourth-order valence-electron chi connectivity index (χ4n) is 1.26. The monoisotopic (exact) mass is 227 g/mol. The van der Waals surface area contributed by atoms with Crippen LogP contribution in [0.5, 0.6) is 0 Å². The van der Waals surface area contributed by atoms with Crippen LogP contribution in [0, 0.1) is 5.92 Å². The highest BCUT2D eigenvalue weighted by atomic mass is 16.5. The van der Waals surface area contributed by atoms with Gasteiger partial charge in [-0.2, -0.15) is 4.98 Å². The fraction of sp³-hybridized carbons (Fsp3) is 0.818. The summed E-state index contributed by atoms with van der Waals surface area (Å²) in [7, 11) is 0. The van der Waals surface area contributed by atoms with Crippen LogP contribution in [0.25, 0.3) is 0 Å². The van der Waals surface area contributed by atoms with Gasteiger partial charge in [-0.1, -0.05) is 25.4 Å². The van der Waals surface area contributed by atoms with E-state index < -0.39 is 0 Å². The third-order valence-electron chi connectivity index (χ3n) is 2.54. The summed E-state index contributed by atoms with van der Waals surface area (Å²) in [6.45, 7) is 7.30. The summed E-state index contributed by atoms with van der Waals surface area (Å²) in [5.74, 6) is 1.75. The maximum atomic E-state index is 5.85. The third kappa shape index (κ3) is 3.90. The van der Waals surface area contributed by atoms with Crippen molar-refractivity contribution >= 4 is 0 Å². The van der Waals surface area contributed by atoms with Crippen molar-refractivity contribution in [2.24, 2.45) is 11.7 Å². The topological polar surface area (TPSA) is 74.2 Å². The van der Waals surface area contributed by atoms with Crippen LogP contribution >= 0.6 is 0 Å². The van der Waals surface area contributed by atoms with Gasteiger partial charge in [-0.15, -0.1) is 0 Å². The number of aromatic nitrogens is 2. The van der Waals surface area contributed by atoms with Crippen LogP contribution in [0.1, 0.15) is 44.9 Å². The van der Waals surface area contributed by atoms with Crippen molar-refractivity contribution in [2.45, 2.75) is 39.7 Å². The summed E-state index contributed by atoms with van der Waals surface area (Å²) in [6.07, 6.45) is 1.91. The molecule has 0 radical (unpaired) electrons. The van der Waals surface area contributed by atoms with Gasteiger partial charge in [0.25, 0.3) is 0 Å². The maximum absolute atomic E-state index is 5.85. The number of nitrogens with two attached hydrogens (primary N) is 1. The molecule has 2 atom stereocenters. The van der Waals surface area contributed by atoms with Crippen molar-refractivity contribution in [1.29, 1.82) is 0 Å². The van der Waals surface area contributed by atoms with Gasteiger partial charge in [-0.05, 0) is 12.8 Å². The Morgan fingerprint density at radius 3 is 2.81 bits per heavy atom. The largest absolute Gasteiger partial charge is 0.380 e. The minimum atomic E-state index is -0.297. The Morgan fingerprint density at radius 2 is 2.19 bits per heavy atom. The van der Waals surface area contributed by atoms with Crippen molar-refractivity contribution in [3.05, 3.63) is 11.7 Å². The minimum Gasteiger partial charge on any atom is -0.380 e. The molecule has 0 aliphatic rings. The van der Waals surface area contributed by atoms with Crippen molar-refractivity contribution in [1.82, 2.24) is 10.1 Å². The zero-order valence-corrected chi connectivity index (χ0v) is 10.3. The van der Waals surface area contributed by atoms with Crippen molar-refractivity contribution in [3.63, 3.8) is 0 Å². The molecule has 0 saturated carbocycles. The number of nitrogens with zero attached hydrogens (tertiary/aromatic N) is 2. The Hall–Kier alpha value is -0.940. The van der Waals surface area contributed by atoms with Gasteiger partial charge in [0.05, 0.1) is 12.6 Å². The predicted molar refractivity (Wildman–Crippen MR) is 60.9 cm³/mol. The number of hydrogen-bond donors (Lipinski definition) is 1. The molecule has 5 nitrogen and oxygen atoms in total. The summed E-state index contributed by atoms with van der Waals surface area (Å²) in [6, 6.07) is -0.297. The summed E-state index contributed by atoms with van der Waals surface area (Å²) in [5.41, 5.74) is 5.85. The average molecular weight is 227 g/mol. The maximum Gasteiger partial charge on any atom is 0.226 e. The van der Waals surface area contributed by atoms with E-state index in [1.807, 2.05) is 6.92 Å². The summed E-state index contributed by atoms with van der Waals surface area (Å²) in [4.78, 5) is 4.27. The first kappa shape index (κ1) is 13.1. The fourth-order valence-corrected chi connectivity index (χ4v) is 1.26. The SMILES string of the molecule is CCOCC(N)c1noc(CC(C)CC)n1. The van der Waals surface area contributed by atoms with Crippen molar-refractivity contribution < 1.29 is 9.26 Å². The second-order valence-electron chi connectivity index (χ2n) is 4.03. The molecule has 92 valence electrons. The molecular weight excluding hydrogens is 206 g/mol. The number of rotatable bonds is 7. The molecule has 1 aromatic rings. The van der Waals surface area contributed by atoms with Gasteiger partial charge in [0, 0.05) is 13.0 Å². The van der Waals surface area contributed by atoms with E-state index in [2.05, 4.69) is 24.0 Å². The lowest BCUT2D eigenvalue weighted by atomic mass is 10.1. The molecule has 1 heterocycles. The van der Waals surface area contributed by atoms with Gasteiger partial charge in [-0.3, -0.25) is 0 Å². The van der Waals surface area contributed by atoms with Gasteiger partial charge >= 0.3 is 0 Å². The second-order valence-corrected chi connectivity index (χ2v) is 4.03. The Labute approximate surface area is 96.4 Å². The Morgan fingerprint density at radius 1 is 1.44 bits per heavy atom. The average Bonchev–Trinajstić information content (AvgIpc) is 2.74. The van der Waals surface area contributed by atoms with E-state index in [4.69, 9.17) is 15.0 Å². The summed E-state index contributed by atoms with van der Waals surface area (Å²) >= 11 is 0. The smallest absolute Gasteiger partial charge is 0.226 e. The summed E-state index contributed by atoms with van der Waals surface area (Å²) in [5, 5.41) is 3.87. The molecule has 0 fully saturated rings. The van der Waals surface area contributed by atoms with E-state index in [-0.39, 0.29) is 6.04 Å². The van der Waals surface area contributed by atoms with Crippen LogP contribution < -0.4 is 5.73 Å². The molecule has 0 amide bonds. The molecule has 0 bridgehead atoms. The molecule has 0 aliphatic carbocycles. The van der Waals surface area contributed by atoms with E-state index in [0.29, 0.717) is 30.8 Å². The van der Waals surface area contributed by atoms with Crippen LogP contribution in [-0.4, -0.2) is 23.4 Å². The van der Waals surface area contributed by atoms with Crippen molar-refractivity contribution in [2.75, 3.05) is 13.2 Å². The first-order chi connectivity index (χ1) is 7.67. The summed E-state index contributed by atoms with van der Waals surface area (Å²) < 4.78 is 10.4. The molecular formula is C11H21N3O2. The molecule has 0 spiro atoms. The lowest BCUT2D eigenvalue weighted by Crippen LogP contribution is -2.18. The number of hydrogen-bond acceptors (Lipinski definition) is 5. The molecule has 0 aliphatic heterocycles. The number of ether oxygens (including phenoxy) is 1. The van der Waals surface area contributed by atoms with Gasteiger partial charge < -0.3 is 15.0 Å². The van der Waals surface area contributed by atoms with Gasteiger partial charge in [-0.25, -0.2) is 0 Å². The molecule has 0 saturated heterocycles. The zero-order valence-electron chi connectivity index (χ0n) is 10.3. The van der Waals surface area contributed by atoms with Crippen LogP contribution in [0.4, 0.5) is 0 Å². The second kappa shape index (κ2) is 6.60. The normalized spacial score (nSPS) is 15.0. The first-order valence-corrected chi connectivity index (χ1v) is 5.83. The van der Waals surface area contributed by atoms with Crippen LogP contribution in [0.15, 0.2) is 4.52 Å². The highest BCUT2D eigenvalue weighted by Crippen LogP contribution is 2.12. The van der Waals surface area contributed by atoms with Crippen molar-refractivity contribution in [3.8, 4) is 0 Å². The first-order valence-electron chi connectivity index (χ1n) is 5.83. The van der Waals surface area contributed by atoms with Gasteiger partial charge in [0.1, 0.15) is 0 Å². The van der Waals surface area contributed by atoms with Crippen LogP contribution in [0.3, 0.4) is 0 Å². The third-order valence-corrected chi connectivity index (χ3v) is 2.54. The van der Waals surface area contributed by atoms with E-state index in [9.17, 15) is 0 Å². The zero-order chi connectivity index (χ0) is 12.0. The standard InChI is InChI=1S/C11H21N3O2/c1-4-8(3)6-10-13-11(14-16-10)9(12)7-15-5-2/h8-9H,4-7,12H2,1-3H3. The van der Waals surface area contributed by atoms with E-state index >= 15 is 0 Å². The molecule has 0 aromatic carbocycles. The quantitative estimate of drug-likeness (QED) is 0.767. The lowest BCUT2D eigenvalue weighted by molar-refractivity contribution is 0.130. The van der Waals surface area contributed by atoms with E-state index in [1.54, 1.807) is 0 Å². The van der Waals surface area contributed by atoms with Crippen LogP contribution in [0.2, 0.25) is 0 Å². The molecule has 1 rings (SSSR count). The molecule has 5 heteroatoms. The predicted octanol–water partition coefficient (Wildman–Crippen LogP) is 1.69.